The second-order valence-corrected chi connectivity index (χ2v) is 3.33. The van der Waals surface area contributed by atoms with Crippen LogP contribution in [0.5, 0.6) is 0 Å². The molecule has 0 spiro atoms. The smallest absolute Gasteiger partial charge is 0.246 e. The molecule has 5 nitrogen and oxygen atoms in total. The summed E-state index contributed by atoms with van der Waals surface area (Å²) in [7, 11) is 0. The molecule has 0 saturated carbocycles. The summed E-state index contributed by atoms with van der Waals surface area (Å²) < 4.78 is 0. The SMILES string of the molecule is O=C1CN2Cc3cccnc3N=C2N1. The van der Waals surface area contributed by atoms with Crippen LogP contribution < -0.4 is 5.32 Å². The first-order valence-corrected chi connectivity index (χ1v) is 4.40. The Morgan fingerprint density at radius 1 is 1.43 bits per heavy atom. The van der Waals surface area contributed by atoms with Crippen LogP contribution in [-0.2, 0) is 11.3 Å². The molecular weight excluding hydrogens is 180 g/mol. The molecule has 1 amide bonds. The van der Waals surface area contributed by atoms with E-state index in [2.05, 4.69) is 15.3 Å². The zero-order valence-corrected chi connectivity index (χ0v) is 7.40. The maximum absolute atomic E-state index is 11.1. The van der Waals surface area contributed by atoms with Crippen LogP contribution >= 0.6 is 0 Å². The minimum absolute atomic E-state index is 0.00319. The molecule has 70 valence electrons. The highest BCUT2D eigenvalue weighted by atomic mass is 16.2. The minimum Gasteiger partial charge on any atom is -0.328 e. The van der Waals surface area contributed by atoms with E-state index in [4.69, 9.17) is 0 Å². The first-order chi connectivity index (χ1) is 6.83. The van der Waals surface area contributed by atoms with E-state index in [0.29, 0.717) is 24.9 Å². The lowest BCUT2D eigenvalue weighted by Gasteiger charge is -2.21. The van der Waals surface area contributed by atoms with Gasteiger partial charge in [0, 0.05) is 11.8 Å². The van der Waals surface area contributed by atoms with Crippen molar-refractivity contribution in [2.45, 2.75) is 6.54 Å². The number of aromatic nitrogens is 1. The normalized spacial score (nSPS) is 18.4. The predicted octanol–water partition coefficient (Wildman–Crippen LogP) is 0.0145. The molecule has 1 saturated heterocycles. The summed E-state index contributed by atoms with van der Waals surface area (Å²) in [6.45, 7) is 1.11. The molecule has 2 aliphatic rings. The first-order valence-electron chi connectivity index (χ1n) is 4.40. The highest BCUT2D eigenvalue weighted by Gasteiger charge is 2.29. The molecule has 0 aliphatic carbocycles. The molecule has 1 aromatic heterocycles. The molecule has 2 aliphatic heterocycles. The predicted molar refractivity (Wildman–Crippen MR) is 49.9 cm³/mol. The van der Waals surface area contributed by atoms with Gasteiger partial charge in [-0.2, -0.15) is 4.99 Å². The summed E-state index contributed by atoms with van der Waals surface area (Å²) in [5.41, 5.74) is 1.06. The number of aliphatic imine (C=N–C) groups is 1. The molecule has 1 aromatic rings. The summed E-state index contributed by atoms with van der Waals surface area (Å²) in [5, 5.41) is 2.69. The highest BCUT2D eigenvalue weighted by Crippen LogP contribution is 2.23. The number of hydrogen-bond donors (Lipinski definition) is 1. The fourth-order valence-corrected chi connectivity index (χ4v) is 1.68. The van der Waals surface area contributed by atoms with Crippen LogP contribution in [0.4, 0.5) is 5.82 Å². The van der Waals surface area contributed by atoms with Crippen LogP contribution in [0.3, 0.4) is 0 Å². The van der Waals surface area contributed by atoms with Crippen molar-refractivity contribution in [1.82, 2.24) is 15.2 Å². The van der Waals surface area contributed by atoms with E-state index in [0.717, 1.165) is 5.56 Å². The Morgan fingerprint density at radius 3 is 3.29 bits per heavy atom. The van der Waals surface area contributed by atoms with Gasteiger partial charge in [-0.1, -0.05) is 6.07 Å². The van der Waals surface area contributed by atoms with Gasteiger partial charge in [0.25, 0.3) is 0 Å². The van der Waals surface area contributed by atoms with Gasteiger partial charge in [0.05, 0.1) is 6.54 Å². The molecule has 3 rings (SSSR count). The number of rotatable bonds is 0. The zero-order chi connectivity index (χ0) is 9.54. The molecule has 14 heavy (non-hydrogen) atoms. The number of nitrogens with one attached hydrogen (secondary N) is 1. The highest BCUT2D eigenvalue weighted by molar-refractivity contribution is 6.05. The van der Waals surface area contributed by atoms with Crippen molar-refractivity contribution >= 4 is 17.7 Å². The molecular formula is C9H8N4O. The molecule has 1 fully saturated rings. The van der Waals surface area contributed by atoms with Gasteiger partial charge >= 0.3 is 0 Å². The number of pyridine rings is 1. The monoisotopic (exact) mass is 188 g/mol. The van der Waals surface area contributed by atoms with Crippen molar-refractivity contribution in [3.8, 4) is 0 Å². The average Bonchev–Trinajstić information content (AvgIpc) is 2.53. The summed E-state index contributed by atoms with van der Waals surface area (Å²) in [4.78, 5) is 21.4. The number of amides is 1. The van der Waals surface area contributed by atoms with Gasteiger partial charge in [0.2, 0.25) is 11.9 Å². The second kappa shape index (κ2) is 2.54. The van der Waals surface area contributed by atoms with E-state index in [9.17, 15) is 4.79 Å². The van der Waals surface area contributed by atoms with E-state index >= 15 is 0 Å². The summed E-state index contributed by atoms with van der Waals surface area (Å²) in [6, 6.07) is 3.86. The number of carbonyl (C=O) groups excluding carboxylic acids is 1. The third-order valence-electron chi connectivity index (χ3n) is 2.33. The topological polar surface area (TPSA) is 57.6 Å². The lowest BCUT2D eigenvalue weighted by Crippen LogP contribution is -2.32. The Labute approximate surface area is 80.5 Å². The van der Waals surface area contributed by atoms with Gasteiger partial charge in [-0.3, -0.25) is 10.1 Å². The van der Waals surface area contributed by atoms with Crippen LogP contribution in [0.25, 0.3) is 0 Å². The van der Waals surface area contributed by atoms with E-state index in [1.807, 2.05) is 17.0 Å². The van der Waals surface area contributed by atoms with E-state index in [-0.39, 0.29) is 5.91 Å². The summed E-state index contributed by atoms with van der Waals surface area (Å²) >= 11 is 0. The van der Waals surface area contributed by atoms with Crippen LogP contribution in [0.15, 0.2) is 23.3 Å². The van der Waals surface area contributed by atoms with Crippen LogP contribution in [0.2, 0.25) is 0 Å². The van der Waals surface area contributed by atoms with E-state index < -0.39 is 0 Å². The maximum atomic E-state index is 11.1. The van der Waals surface area contributed by atoms with Crippen molar-refractivity contribution in [2.24, 2.45) is 4.99 Å². The second-order valence-electron chi connectivity index (χ2n) is 3.33. The van der Waals surface area contributed by atoms with E-state index in [1.54, 1.807) is 6.20 Å². The summed E-state index contributed by atoms with van der Waals surface area (Å²) in [6.07, 6.45) is 1.70. The number of hydrogen-bond acceptors (Lipinski definition) is 4. The number of guanidine groups is 1. The van der Waals surface area contributed by atoms with Crippen molar-refractivity contribution in [3.05, 3.63) is 23.9 Å². The largest absolute Gasteiger partial charge is 0.328 e. The molecule has 1 N–H and O–H groups in total. The molecule has 0 unspecified atom stereocenters. The van der Waals surface area contributed by atoms with E-state index in [1.165, 1.54) is 0 Å². The lowest BCUT2D eigenvalue weighted by atomic mass is 10.2. The molecule has 0 atom stereocenters. The third-order valence-corrected chi connectivity index (χ3v) is 2.33. The fourth-order valence-electron chi connectivity index (χ4n) is 1.68. The van der Waals surface area contributed by atoms with Crippen LogP contribution in [0, 0.1) is 0 Å². The van der Waals surface area contributed by atoms with Gasteiger partial charge in [-0.05, 0) is 6.07 Å². The number of nitrogens with zero attached hydrogens (tertiary/aromatic N) is 3. The van der Waals surface area contributed by atoms with Gasteiger partial charge in [-0.25, -0.2) is 4.98 Å². The average molecular weight is 188 g/mol. The Morgan fingerprint density at radius 2 is 2.36 bits per heavy atom. The maximum Gasteiger partial charge on any atom is 0.246 e. The van der Waals surface area contributed by atoms with Gasteiger partial charge in [0.15, 0.2) is 5.82 Å². The van der Waals surface area contributed by atoms with Crippen LogP contribution in [0.1, 0.15) is 5.56 Å². The van der Waals surface area contributed by atoms with Crippen LogP contribution in [-0.4, -0.2) is 28.3 Å². The standard InChI is InChI=1S/C9H8N4O/c14-7-5-13-4-6-2-1-3-10-8(6)12-9(13)11-7/h1-3H,4-5H2,(H,10,11,12,14). The van der Waals surface area contributed by atoms with Gasteiger partial charge < -0.3 is 4.90 Å². The Hall–Kier alpha value is -1.91. The van der Waals surface area contributed by atoms with Gasteiger partial charge in [0.1, 0.15) is 6.54 Å². The van der Waals surface area contributed by atoms with Gasteiger partial charge in [-0.15, -0.1) is 0 Å². The Bertz CT molecular complexity index is 440. The molecule has 0 bridgehead atoms. The summed E-state index contributed by atoms with van der Waals surface area (Å²) in [5.74, 6) is 1.33. The number of fused-ring (bicyclic) bond motifs is 2. The molecule has 5 heteroatoms. The third kappa shape index (κ3) is 0.985. The molecule has 3 heterocycles. The molecule has 0 aromatic carbocycles. The zero-order valence-electron chi connectivity index (χ0n) is 7.40. The first kappa shape index (κ1) is 7.49. The number of carbonyl (C=O) groups is 1. The fraction of sp³-hybridized carbons (Fsp3) is 0.222. The quantitative estimate of drug-likeness (QED) is 0.624. The lowest BCUT2D eigenvalue weighted by molar-refractivity contribution is -0.118. The van der Waals surface area contributed by atoms with Crippen molar-refractivity contribution in [1.29, 1.82) is 0 Å². The van der Waals surface area contributed by atoms with Crippen molar-refractivity contribution in [3.63, 3.8) is 0 Å². The Balaban J connectivity index is 2.07. The minimum atomic E-state index is -0.00319. The van der Waals surface area contributed by atoms with Crippen molar-refractivity contribution < 1.29 is 4.79 Å². The van der Waals surface area contributed by atoms with Crippen molar-refractivity contribution in [2.75, 3.05) is 6.54 Å². The Kier molecular flexibility index (Phi) is 1.36. The molecule has 0 radical (unpaired) electrons.